The quantitative estimate of drug-likeness (QED) is 0.642. The van der Waals surface area contributed by atoms with E-state index in [4.69, 9.17) is 28.9 Å². The van der Waals surface area contributed by atoms with Gasteiger partial charge in [0.05, 0.1) is 26.3 Å². The Balaban J connectivity index is 1.39. The van der Waals surface area contributed by atoms with Crippen LogP contribution in [-0.4, -0.2) is 51.3 Å². The van der Waals surface area contributed by atoms with Gasteiger partial charge in [-0.3, -0.25) is 0 Å². The van der Waals surface area contributed by atoms with Crippen LogP contribution in [0.2, 0.25) is 0 Å². The van der Waals surface area contributed by atoms with Gasteiger partial charge in [-0.25, -0.2) is 9.98 Å². The van der Waals surface area contributed by atoms with Crippen molar-refractivity contribution in [3.8, 4) is 11.5 Å². The van der Waals surface area contributed by atoms with Crippen molar-refractivity contribution >= 4 is 11.8 Å². The Labute approximate surface area is 183 Å². The Hall–Kier alpha value is -3.02. The summed E-state index contributed by atoms with van der Waals surface area (Å²) in [6, 6.07) is 16.4. The van der Waals surface area contributed by atoms with Crippen LogP contribution in [0.15, 0.2) is 58.5 Å². The average molecular weight is 423 g/mol. The lowest BCUT2D eigenvalue weighted by molar-refractivity contribution is 0.263. The lowest BCUT2D eigenvalue weighted by atomic mass is 9.93. The molecule has 0 aromatic heterocycles. The lowest BCUT2D eigenvalue weighted by Gasteiger charge is -2.22. The monoisotopic (exact) mass is 422 g/mol. The zero-order valence-electron chi connectivity index (χ0n) is 18.6. The molecule has 164 valence electrons. The second-order valence-electron chi connectivity index (χ2n) is 8.53. The lowest BCUT2D eigenvalue weighted by Crippen LogP contribution is -2.34. The van der Waals surface area contributed by atoms with Crippen molar-refractivity contribution in [3.63, 3.8) is 0 Å². The fourth-order valence-corrected chi connectivity index (χ4v) is 3.88. The molecule has 2 aromatic rings. The van der Waals surface area contributed by atoms with Gasteiger partial charge in [-0.2, -0.15) is 0 Å². The zero-order chi connectivity index (χ0) is 21.8. The summed E-state index contributed by atoms with van der Waals surface area (Å²) < 4.78 is 22.4. The van der Waals surface area contributed by atoms with Crippen molar-refractivity contribution in [2.24, 2.45) is 15.4 Å². The number of benzene rings is 2. The first kappa shape index (κ1) is 21.2. The largest absolute Gasteiger partial charge is 0.497 e. The van der Waals surface area contributed by atoms with Gasteiger partial charge in [0.1, 0.15) is 30.1 Å². The van der Waals surface area contributed by atoms with Gasteiger partial charge in [-0.15, -0.1) is 0 Å². The van der Waals surface area contributed by atoms with Crippen LogP contribution in [0.3, 0.4) is 0 Å². The Morgan fingerprint density at radius 3 is 1.48 bits per heavy atom. The van der Waals surface area contributed by atoms with Gasteiger partial charge < -0.3 is 18.9 Å². The van der Waals surface area contributed by atoms with E-state index in [-0.39, 0.29) is 12.1 Å². The minimum atomic E-state index is -0.483. The summed E-state index contributed by atoms with van der Waals surface area (Å²) in [4.78, 5) is 9.72. The summed E-state index contributed by atoms with van der Waals surface area (Å²) in [6.07, 6.45) is 1.66. The van der Waals surface area contributed by atoms with Crippen molar-refractivity contribution < 1.29 is 18.9 Å². The Morgan fingerprint density at radius 2 is 1.13 bits per heavy atom. The topological polar surface area (TPSA) is 61.6 Å². The second kappa shape index (κ2) is 9.00. The van der Waals surface area contributed by atoms with Gasteiger partial charge in [0, 0.05) is 0 Å². The Bertz CT molecular complexity index is 871. The van der Waals surface area contributed by atoms with Crippen LogP contribution >= 0.6 is 0 Å². The molecule has 0 fully saturated rings. The number of hydrogen-bond acceptors (Lipinski definition) is 6. The molecular weight excluding hydrogens is 392 g/mol. The van der Waals surface area contributed by atoms with E-state index in [1.165, 1.54) is 11.1 Å². The van der Waals surface area contributed by atoms with Crippen LogP contribution in [0.25, 0.3) is 0 Å². The summed E-state index contributed by atoms with van der Waals surface area (Å²) in [7, 11) is 3.35. The highest BCUT2D eigenvalue weighted by atomic mass is 16.5. The van der Waals surface area contributed by atoms with Gasteiger partial charge in [0.25, 0.3) is 0 Å². The minimum absolute atomic E-state index is 0.0970. The molecule has 0 saturated heterocycles. The highest BCUT2D eigenvalue weighted by Gasteiger charge is 2.41. The molecule has 0 bridgehead atoms. The molecule has 0 radical (unpaired) electrons. The van der Waals surface area contributed by atoms with Gasteiger partial charge in [0.2, 0.25) is 0 Å². The first-order chi connectivity index (χ1) is 15.0. The van der Waals surface area contributed by atoms with E-state index in [0.717, 1.165) is 24.3 Å². The Morgan fingerprint density at radius 1 is 0.742 bits per heavy atom. The summed E-state index contributed by atoms with van der Waals surface area (Å²) in [5.74, 6) is 3.12. The van der Waals surface area contributed by atoms with E-state index in [1.807, 2.05) is 24.3 Å². The van der Waals surface area contributed by atoms with Crippen molar-refractivity contribution in [3.05, 3.63) is 59.7 Å². The number of aliphatic imine (C=N–C) groups is 2. The SMILES string of the molecule is COc1ccc(C[C@@H]2COC(C(C)(C)C3=N[C@H](Cc4ccc(OC)cc4)CO3)=N2)cc1. The third kappa shape index (κ3) is 4.84. The normalized spacial score (nSPS) is 20.5. The van der Waals surface area contributed by atoms with Crippen LogP contribution in [0.5, 0.6) is 11.5 Å². The van der Waals surface area contributed by atoms with Gasteiger partial charge in [0.15, 0.2) is 11.8 Å². The maximum atomic E-state index is 5.99. The molecule has 0 unspecified atom stereocenters. The average Bonchev–Trinajstić information content (AvgIpc) is 3.45. The molecule has 0 amide bonds. The molecule has 0 N–H and O–H groups in total. The zero-order valence-corrected chi connectivity index (χ0v) is 18.6. The highest BCUT2D eigenvalue weighted by Crippen LogP contribution is 2.30. The van der Waals surface area contributed by atoms with E-state index in [9.17, 15) is 0 Å². The van der Waals surface area contributed by atoms with Gasteiger partial charge in [-0.05, 0) is 62.1 Å². The van der Waals surface area contributed by atoms with Crippen LogP contribution in [0.4, 0.5) is 0 Å². The molecule has 0 saturated carbocycles. The molecule has 2 aliphatic rings. The van der Waals surface area contributed by atoms with E-state index in [0.29, 0.717) is 25.0 Å². The standard InChI is InChI=1S/C25H30N2O4/c1-25(2,23-26-19(15-30-23)13-17-5-9-21(28-3)10-6-17)24-27-20(16-31-24)14-18-7-11-22(29-4)12-8-18/h5-12,19-20H,13-16H2,1-4H3/t19-,20-/m1/s1. The maximum Gasteiger partial charge on any atom is 0.199 e. The van der Waals surface area contributed by atoms with Crippen LogP contribution < -0.4 is 9.47 Å². The fourth-order valence-electron chi connectivity index (χ4n) is 3.88. The predicted octanol–water partition coefficient (Wildman–Crippen LogP) is 4.11. The first-order valence-electron chi connectivity index (χ1n) is 10.7. The van der Waals surface area contributed by atoms with Crippen LogP contribution in [0.1, 0.15) is 25.0 Å². The molecule has 0 aliphatic carbocycles. The van der Waals surface area contributed by atoms with Crippen molar-refractivity contribution in [1.82, 2.24) is 0 Å². The summed E-state index contributed by atoms with van der Waals surface area (Å²) in [5, 5.41) is 0. The molecular formula is C25H30N2O4. The first-order valence-corrected chi connectivity index (χ1v) is 10.7. The molecule has 2 atom stereocenters. The smallest absolute Gasteiger partial charge is 0.199 e. The Kier molecular flexibility index (Phi) is 6.16. The third-order valence-electron chi connectivity index (χ3n) is 5.75. The highest BCUT2D eigenvalue weighted by molar-refractivity contribution is 6.05. The van der Waals surface area contributed by atoms with E-state index >= 15 is 0 Å². The molecule has 6 heteroatoms. The minimum Gasteiger partial charge on any atom is -0.497 e. The summed E-state index contributed by atoms with van der Waals surface area (Å²) in [6.45, 7) is 5.28. The van der Waals surface area contributed by atoms with Crippen LogP contribution in [-0.2, 0) is 22.3 Å². The van der Waals surface area contributed by atoms with Crippen molar-refractivity contribution in [1.29, 1.82) is 0 Å². The molecule has 6 nitrogen and oxygen atoms in total. The second-order valence-corrected chi connectivity index (χ2v) is 8.53. The number of nitrogens with zero attached hydrogens (tertiary/aromatic N) is 2. The van der Waals surface area contributed by atoms with E-state index in [1.54, 1.807) is 14.2 Å². The van der Waals surface area contributed by atoms with Crippen molar-refractivity contribution in [2.45, 2.75) is 38.8 Å². The summed E-state index contributed by atoms with van der Waals surface area (Å²) >= 11 is 0. The van der Waals surface area contributed by atoms with E-state index in [2.05, 4.69) is 38.1 Å². The number of hydrogen-bond donors (Lipinski definition) is 0. The number of rotatable bonds is 8. The molecule has 2 heterocycles. The van der Waals surface area contributed by atoms with E-state index < -0.39 is 5.41 Å². The third-order valence-corrected chi connectivity index (χ3v) is 5.75. The van der Waals surface area contributed by atoms with Crippen molar-refractivity contribution in [2.75, 3.05) is 27.4 Å². The fraction of sp³-hybridized carbons (Fsp3) is 0.440. The maximum absolute atomic E-state index is 5.99. The molecule has 31 heavy (non-hydrogen) atoms. The predicted molar refractivity (Wildman–Crippen MR) is 122 cm³/mol. The van der Waals surface area contributed by atoms with Gasteiger partial charge >= 0.3 is 0 Å². The van der Waals surface area contributed by atoms with Crippen LogP contribution in [0, 0.1) is 5.41 Å². The van der Waals surface area contributed by atoms with Gasteiger partial charge in [-0.1, -0.05) is 24.3 Å². The molecule has 0 spiro atoms. The molecule has 4 rings (SSSR count). The molecule has 2 aromatic carbocycles. The number of methoxy groups -OCH3 is 2. The molecule has 2 aliphatic heterocycles. The summed E-state index contributed by atoms with van der Waals surface area (Å²) in [5.41, 5.74) is 1.95. The number of ether oxygens (including phenoxy) is 4.